The van der Waals surface area contributed by atoms with Crippen LogP contribution in [-0.4, -0.2) is 56.7 Å². The van der Waals surface area contributed by atoms with Crippen molar-refractivity contribution in [1.82, 2.24) is 0 Å². The SMILES string of the molecule is OCC(COP(O)O)(COP(O)O)C(OC1CCCCCCC1)C1CCCCCCC1. The van der Waals surface area contributed by atoms with Crippen LogP contribution in [0.2, 0.25) is 0 Å². The van der Waals surface area contributed by atoms with Crippen molar-refractivity contribution in [3.8, 4) is 0 Å². The molecule has 0 heterocycles. The molecular formula is C21H42O8P2. The lowest BCUT2D eigenvalue weighted by atomic mass is 9.73. The van der Waals surface area contributed by atoms with Crippen molar-refractivity contribution in [2.45, 2.75) is 102 Å². The van der Waals surface area contributed by atoms with Crippen LogP contribution in [0.3, 0.4) is 0 Å². The van der Waals surface area contributed by atoms with Gasteiger partial charge in [0.2, 0.25) is 0 Å². The molecule has 10 heteroatoms. The summed E-state index contributed by atoms with van der Waals surface area (Å²) in [6, 6.07) is 0. The number of hydrogen-bond donors (Lipinski definition) is 5. The molecule has 0 radical (unpaired) electrons. The molecule has 2 rings (SSSR count). The van der Waals surface area contributed by atoms with Gasteiger partial charge in [0.25, 0.3) is 0 Å². The first kappa shape index (κ1) is 27.8. The Hall–Kier alpha value is 0.540. The van der Waals surface area contributed by atoms with Crippen LogP contribution in [0.15, 0.2) is 0 Å². The monoisotopic (exact) mass is 484 g/mol. The highest BCUT2D eigenvalue weighted by molar-refractivity contribution is 7.39. The Morgan fingerprint density at radius 1 is 0.677 bits per heavy atom. The van der Waals surface area contributed by atoms with Crippen molar-refractivity contribution in [3.05, 3.63) is 0 Å². The fourth-order valence-electron chi connectivity index (χ4n) is 5.07. The average Bonchev–Trinajstić information content (AvgIpc) is 2.68. The Balaban J connectivity index is 2.29. The van der Waals surface area contributed by atoms with Crippen molar-refractivity contribution >= 4 is 17.2 Å². The smallest absolute Gasteiger partial charge is 0.327 e. The van der Waals surface area contributed by atoms with Crippen molar-refractivity contribution < 1.29 is 38.5 Å². The van der Waals surface area contributed by atoms with E-state index in [1.807, 2.05) is 0 Å². The average molecular weight is 485 g/mol. The minimum Gasteiger partial charge on any atom is -0.396 e. The number of aliphatic hydroxyl groups excluding tert-OH is 1. The second kappa shape index (κ2) is 15.4. The molecule has 8 nitrogen and oxygen atoms in total. The maximum atomic E-state index is 10.5. The fraction of sp³-hybridized carbons (Fsp3) is 1.00. The molecule has 2 fully saturated rings. The Bertz CT molecular complexity index is 441. The molecule has 0 amide bonds. The minimum atomic E-state index is -2.62. The summed E-state index contributed by atoms with van der Waals surface area (Å²) in [6.45, 7) is -0.730. The van der Waals surface area contributed by atoms with Gasteiger partial charge in [0.05, 0.1) is 37.4 Å². The molecule has 2 aliphatic carbocycles. The van der Waals surface area contributed by atoms with Crippen LogP contribution in [0.1, 0.15) is 89.9 Å². The molecule has 31 heavy (non-hydrogen) atoms. The number of ether oxygens (including phenoxy) is 1. The van der Waals surface area contributed by atoms with Crippen molar-refractivity contribution in [2.75, 3.05) is 19.8 Å². The highest BCUT2D eigenvalue weighted by Crippen LogP contribution is 2.43. The van der Waals surface area contributed by atoms with E-state index >= 15 is 0 Å². The zero-order valence-electron chi connectivity index (χ0n) is 18.6. The van der Waals surface area contributed by atoms with E-state index in [2.05, 4.69) is 0 Å². The first-order chi connectivity index (χ1) is 15.0. The molecule has 2 saturated carbocycles. The molecule has 0 aromatic carbocycles. The first-order valence-corrected chi connectivity index (χ1v) is 14.2. The number of rotatable bonds is 11. The zero-order valence-corrected chi connectivity index (χ0v) is 20.4. The predicted molar refractivity (Wildman–Crippen MR) is 121 cm³/mol. The molecule has 0 spiro atoms. The van der Waals surface area contributed by atoms with E-state index < -0.39 is 28.7 Å². The molecule has 184 valence electrons. The summed E-state index contributed by atoms with van der Waals surface area (Å²) in [5.41, 5.74) is -1.11. The summed E-state index contributed by atoms with van der Waals surface area (Å²) >= 11 is 0. The lowest BCUT2D eigenvalue weighted by Crippen LogP contribution is -2.52. The van der Waals surface area contributed by atoms with E-state index in [1.165, 1.54) is 38.5 Å². The van der Waals surface area contributed by atoms with E-state index in [1.54, 1.807) is 0 Å². The maximum absolute atomic E-state index is 10.5. The molecule has 1 atom stereocenters. The van der Waals surface area contributed by atoms with Crippen LogP contribution >= 0.6 is 17.2 Å². The Morgan fingerprint density at radius 3 is 1.52 bits per heavy atom. The molecule has 0 aromatic heterocycles. The number of hydrogen-bond acceptors (Lipinski definition) is 8. The first-order valence-electron chi connectivity index (χ1n) is 11.8. The van der Waals surface area contributed by atoms with E-state index in [4.69, 9.17) is 13.8 Å². The molecule has 0 bridgehead atoms. The predicted octanol–water partition coefficient (Wildman–Crippen LogP) is 4.28. The van der Waals surface area contributed by atoms with E-state index in [-0.39, 0.29) is 31.8 Å². The Morgan fingerprint density at radius 2 is 1.10 bits per heavy atom. The summed E-state index contributed by atoms with van der Waals surface area (Å²) in [4.78, 5) is 37.6. The molecular weight excluding hydrogens is 442 g/mol. The molecule has 5 N–H and O–H groups in total. The van der Waals surface area contributed by atoms with Gasteiger partial charge in [-0.1, -0.05) is 64.2 Å². The number of aliphatic hydroxyl groups is 1. The highest BCUT2D eigenvalue weighted by Gasteiger charge is 2.46. The second-order valence-corrected chi connectivity index (χ2v) is 10.7. The zero-order chi connectivity index (χ0) is 22.5. The lowest BCUT2D eigenvalue weighted by Gasteiger charge is -2.45. The maximum Gasteiger partial charge on any atom is 0.327 e. The van der Waals surface area contributed by atoms with Gasteiger partial charge < -0.3 is 38.5 Å². The van der Waals surface area contributed by atoms with Crippen molar-refractivity contribution in [1.29, 1.82) is 0 Å². The normalized spacial score (nSPS) is 22.2. The van der Waals surface area contributed by atoms with Crippen LogP contribution in [0.4, 0.5) is 0 Å². The third kappa shape index (κ3) is 10.1. The summed E-state index contributed by atoms with van der Waals surface area (Å²) in [6.07, 6.45) is 15.1. The van der Waals surface area contributed by atoms with Gasteiger partial charge in [-0.2, -0.15) is 0 Å². The molecule has 0 saturated heterocycles. The Labute approximate surface area is 189 Å². The quantitative estimate of drug-likeness (QED) is 0.275. The van der Waals surface area contributed by atoms with Gasteiger partial charge in [-0.05, 0) is 31.6 Å². The third-order valence-corrected chi connectivity index (χ3v) is 7.54. The Kier molecular flexibility index (Phi) is 13.8. The van der Waals surface area contributed by atoms with E-state index in [0.717, 1.165) is 51.4 Å². The van der Waals surface area contributed by atoms with Gasteiger partial charge in [-0.3, -0.25) is 0 Å². The molecule has 0 aromatic rings. The largest absolute Gasteiger partial charge is 0.396 e. The van der Waals surface area contributed by atoms with Gasteiger partial charge in [-0.25, -0.2) is 0 Å². The van der Waals surface area contributed by atoms with Gasteiger partial charge in [0, 0.05) is 0 Å². The second-order valence-electron chi connectivity index (χ2n) is 9.20. The summed E-state index contributed by atoms with van der Waals surface area (Å²) in [5, 5.41) is 10.5. The van der Waals surface area contributed by atoms with Crippen LogP contribution in [-0.2, 0) is 13.8 Å². The molecule has 2 aliphatic rings. The van der Waals surface area contributed by atoms with Crippen molar-refractivity contribution in [3.63, 3.8) is 0 Å². The topological polar surface area (TPSA) is 129 Å². The van der Waals surface area contributed by atoms with Gasteiger partial charge in [0.1, 0.15) is 0 Å². The fourth-order valence-corrected chi connectivity index (χ4v) is 5.81. The molecule has 0 aliphatic heterocycles. The van der Waals surface area contributed by atoms with Crippen LogP contribution in [0, 0.1) is 11.3 Å². The van der Waals surface area contributed by atoms with Crippen LogP contribution < -0.4 is 0 Å². The van der Waals surface area contributed by atoms with Crippen LogP contribution in [0.25, 0.3) is 0 Å². The van der Waals surface area contributed by atoms with Crippen LogP contribution in [0.5, 0.6) is 0 Å². The summed E-state index contributed by atoms with van der Waals surface area (Å²) in [7, 11) is -5.24. The van der Waals surface area contributed by atoms with E-state index in [9.17, 15) is 24.7 Å². The minimum absolute atomic E-state index is 0.0659. The highest BCUT2D eigenvalue weighted by atomic mass is 31.2. The lowest BCUT2D eigenvalue weighted by molar-refractivity contribution is -0.160. The van der Waals surface area contributed by atoms with E-state index in [0.29, 0.717) is 0 Å². The van der Waals surface area contributed by atoms with Gasteiger partial charge >= 0.3 is 17.2 Å². The molecule has 1 unspecified atom stereocenters. The third-order valence-electron chi connectivity index (χ3n) is 6.82. The summed E-state index contributed by atoms with van der Waals surface area (Å²) in [5.74, 6) is 0.164. The standard InChI is InChI=1S/C21H42O8P2/c22-15-21(16-27-30(23)24,17-28-31(25)26)20(18-11-7-3-1-4-8-12-18)29-19-13-9-5-2-6-10-14-19/h18-20,22-26H,1-17H2. The van der Waals surface area contributed by atoms with Gasteiger partial charge in [0.15, 0.2) is 0 Å². The van der Waals surface area contributed by atoms with Gasteiger partial charge in [-0.15, -0.1) is 0 Å². The van der Waals surface area contributed by atoms with Crippen molar-refractivity contribution in [2.24, 2.45) is 11.3 Å². The summed E-state index contributed by atoms with van der Waals surface area (Å²) < 4.78 is 17.1.